The van der Waals surface area contributed by atoms with Gasteiger partial charge in [-0.1, -0.05) is 24.7 Å². The van der Waals surface area contributed by atoms with E-state index < -0.39 is 0 Å². The summed E-state index contributed by atoms with van der Waals surface area (Å²) in [7, 11) is 0. The highest BCUT2D eigenvalue weighted by Crippen LogP contribution is 2.26. The second kappa shape index (κ2) is 4.93. The molecule has 0 bridgehead atoms. The zero-order chi connectivity index (χ0) is 11.5. The van der Waals surface area contributed by atoms with Gasteiger partial charge in [-0.3, -0.25) is 4.79 Å². The Labute approximate surface area is 104 Å². The van der Waals surface area contributed by atoms with Gasteiger partial charge in [-0.2, -0.15) is 0 Å². The lowest BCUT2D eigenvalue weighted by Crippen LogP contribution is -2.41. The van der Waals surface area contributed by atoms with Crippen molar-refractivity contribution >= 4 is 34.5 Å². The Morgan fingerprint density at radius 3 is 3.00 bits per heavy atom. The molecule has 2 unspecified atom stereocenters. The topological polar surface area (TPSA) is 55.1 Å². The molecule has 16 heavy (non-hydrogen) atoms. The Morgan fingerprint density at radius 1 is 1.56 bits per heavy atom. The average Bonchev–Trinajstić information content (AvgIpc) is 2.86. The Hall–Kier alpha value is -0.940. The van der Waals surface area contributed by atoms with Crippen LogP contribution in [-0.4, -0.2) is 16.9 Å². The molecule has 1 saturated carbocycles. The summed E-state index contributed by atoms with van der Waals surface area (Å²) >= 11 is 6.46. The van der Waals surface area contributed by atoms with E-state index in [1.165, 1.54) is 11.3 Å². The van der Waals surface area contributed by atoms with Gasteiger partial charge in [-0.25, -0.2) is 0 Å². The number of carbonyl (C=O) groups is 1. The summed E-state index contributed by atoms with van der Waals surface area (Å²) in [6.07, 6.45) is 3.04. The fourth-order valence-corrected chi connectivity index (χ4v) is 3.03. The van der Waals surface area contributed by atoms with E-state index in [0.717, 1.165) is 24.1 Å². The summed E-state index contributed by atoms with van der Waals surface area (Å²) in [4.78, 5) is 13.1. The molecule has 3 N–H and O–H groups in total. The third-order valence-corrected chi connectivity index (χ3v) is 4.11. The van der Waals surface area contributed by atoms with Gasteiger partial charge >= 0.3 is 0 Å². The Balaban J connectivity index is 1.99. The van der Waals surface area contributed by atoms with Gasteiger partial charge in [0.2, 0.25) is 0 Å². The van der Waals surface area contributed by atoms with Crippen LogP contribution in [0.5, 0.6) is 0 Å². The molecule has 1 aromatic heterocycles. The first-order valence-electron chi connectivity index (χ1n) is 5.32. The molecule has 1 heterocycles. The smallest absolute Gasteiger partial charge is 0.261 e. The van der Waals surface area contributed by atoms with E-state index in [0.29, 0.717) is 4.99 Å². The summed E-state index contributed by atoms with van der Waals surface area (Å²) in [5.74, 6) is 0.155. The average molecular weight is 254 g/mol. The van der Waals surface area contributed by atoms with Gasteiger partial charge in [0, 0.05) is 12.0 Å². The summed E-state index contributed by atoms with van der Waals surface area (Å²) < 4.78 is 0. The van der Waals surface area contributed by atoms with Crippen LogP contribution in [0, 0.1) is 5.92 Å². The molecule has 3 nitrogen and oxygen atoms in total. The first-order valence-corrected chi connectivity index (χ1v) is 6.61. The second-order valence-corrected chi connectivity index (χ2v) is 5.42. The molecule has 0 aromatic carbocycles. The SMILES string of the molecule is NC(=S)C1CCCC1NC(=O)c1cccs1. The number of hydrogen-bond donors (Lipinski definition) is 2. The van der Waals surface area contributed by atoms with Crippen molar-refractivity contribution in [2.45, 2.75) is 25.3 Å². The zero-order valence-corrected chi connectivity index (χ0v) is 10.4. The normalized spacial score (nSPS) is 24.2. The molecule has 2 atom stereocenters. The molecule has 0 saturated heterocycles. The van der Waals surface area contributed by atoms with Gasteiger partial charge < -0.3 is 11.1 Å². The zero-order valence-electron chi connectivity index (χ0n) is 8.81. The lowest BCUT2D eigenvalue weighted by Gasteiger charge is -2.19. The number of carbonyl (C=O) groups excluding carboxylic acids is 1. The standard InChI is InChI=1S/C11H14N2OS2/c12-10(15)7-3-1-4-8(7)13-11(14)9-5-2-6-16-9/h2,5-8H,1,3-4H2,(H2,12,15)(H,13,14). The molecule has 1 fully saturated rings. The number of thiocarbonyl (C=S) groups is 1. The lowest BCUT2D eigenvalue weighted by atomic mass is 10.0. The van der Waals surface area contributed by atoms with Crippen LogP contribution >= 0.6 is 23.6 Å². The van der Waals surface area contributed by atoms with Crippen LogP contribution in [0.2, 0.25) is 0 Å². The number of rotatable bonds is 3. The number of thiophene rings is 1. The minimum absolute atomic E-state index is 0.0110. The predicted molar refractivity (Wildman–Crippen MR) is 69.7 cm³/mol. The van der Waals surface area contributed by atoms with Crippen molar-refractivity contribution in [2.75, 3.05) is 0 Å². The number of amides is 1. The van der Waals surface area contributed by atoms with Gasteiger partial charge in [0.25, 0.3) is 5.91 Å². The number of nitrogens with two attached hydrogens (primary N) is 1. The van der Waals surface area contributed by atoms with Crippen molar-refractivity contribution in [3.8, 4) is 0 Å². The first-order chi connectivity index (χ1) is 7.68. The van der Waals surface area contributed by atoms with Crippen LogP contribution in [0.4, 0.5) is 0 Å². The largest absolute Gasteiger partial charge is 0.393 e. The molecule has 0 spiro atoms. The highest BCUT2D eigenvalue weighted by molar-refractivity contribution is 7.80. The molecule has 0 aliphatic heterocycles. The van der Waals surface area contributed by atoms with Crippen LogP contribution in [0.25, 0.3) is 0 Å². The molecule has 1 aliphatic rings. The maximum Gasteiger partial charge on any atom is 0.261 e. The van der Waals surface area contributed by atoms with Crippen molar-refractivity contribution in [1.29, 1.82) is 0 Å². The maximum absolute atomic E-state index is 11.8. The third kappa shape index (κ3) is 2.41. The summed E-state index contributed by atoms with van der Waals surface area (Å²) in [5, 5.41) is 4.91. The molecule has 1 amide bonds. The third-order valence-electron chi connectivity index (χ3n) is 2.94. The van der Waals surface area contributed by atoms with E-state index in [1.54, 1.807) is 0 Å². The Kier molecular flexibility index (Phi) is 3.56. The summed E-state index contributed by atoms with van der Waals surface area (Å²) in [5.41, 5.74) is 5.67. The van der Waals surface area contributed by atoms with Crippen molar-refractivity contribution < 1.29 is 4.79 Å². The molecular weight excluding hydrogens is 240 g/mol. The van der Waals surface area contributed by atoms with Crippen LogP contribution < -0.4 is 11.1 Å². The molecule has 0 radical (unpaired) electrons. The molecule has 1 aromatic rings. The lowest BCUT2D eigenvalue weighted by molar-refractivity contribution is 0.0938. The monoisotopic (exact) mass is 254 g/mol. The van der Waals surface area contributed by atoms with Gasteiger partial charge in [0.05, 0.1) is 9.87 Å². The van der Waals surface area contributed by atoms with Crippen molar-refractivity contribution in [1.82, 2.24) is 5.32 Å². The van der Waals surface area contributed by atoms with Gasteiger partial charge in [0.1, 0.15) is 0 Å². The quantitative estimate of drug-likeness (QED) is 0.810. The highest BCUT2D eigenvalue weighted by atomic mass is 32.1. The van der Waals surface area contributed by atoms with Gasteiger partial charge in [-0.05, 0) is 24.3 Å². The highest BCUT2D eigenvalue weighted by Gasteiger charge is 2.30. The molecular formula is C11H14N2OS2. The summed E-state index contributed by atoms with van der Waals surface area (Å²) in [6, 6.07) is 3.82. The fourth-order valence-electron chi connectivity index (χ4n) is 2.12. The predicted octanol–water partition coefficient (Wildman–Crippen LogP) is 1.93. The van der Waals surface area contributed by atoms with E-state index in [-0.39, 0.29) is 17.9 Å². The van der Waals surface area contributed by atoms with Crippen LogP contribution in [0.3, 0.4) is 0 Å². The van der Waals surface area contributed by atoms with Gasteiger partial charge in [0.15, 0.2) is 0 Å². The number of hydrogen-bond acceptors (Lipinski definition) is 3. The molecule has 86 valence electrons. The van der Waals surface area contributed by atoms with Crippen molar-refractivity contribution in [3.05, 3.63) is 22.4 Å². The van der Waals surface area contributed by atoms with Gasteiger partial charge in [-0.15, -0.1) is 11.3 Å². The summed E-state index contributed by atoms with van der Waals surface area (Å²) in [6.45, 7) is 0. The van der Waals surface area contributed by atoms with Crippen LogP contribution in [0.15, 0.2) is 17.5 Å². The van der Waals surface area contributed by atoms with E-state index in [2.05, 4.69) is 5.32 Å². The maximum atomic E-state index is 11.8. The number of nitrogens with one attached hydrogen (secondary N) is 1. The van der Waals surface area contributed by atoms with E-state index >= 15 is 0 Å². The minimum Gasteiger partial charge on any atom is -0.393 e. The van der Waals surface area contributed by atoms with Crippen LogP contribution in [-0.2, 0) is 0 Å². The van der Waals surface area contributed by atoms with E-state index in [1.807, 2.05) is 17.5 Å². The van der Waals surface area contributed by atoms with Crippen molar-refractivity contribution in [3.63, 3.8) is 0 Å². The second-order valence-electron chi connectivity index (χ2n) is 4.00. The molecule has 5 heteroatoms. The van der Waals surface area contributed by atoms with Crippen LogP contribution in [0.1, 0.15) is 28.9 Å². The van der Waals surface area contributed by atoms with Crippen molar-refractivity contribution in [2.24, 2.45) is 11.7 Å². The van der Waals surface area contributed by atoms with E-state index in [4.69, 9.17) is 18.0 Å². The van der Waals surface area contributed by atoms with E-state index in [9.17, 15) is 4.79 Å². The Morgan fingerprint density at radius 2 is 2.38 bits per heavy atom. The Bertz CT molecular complexity index is 389. The molecule has 2 rings (SSSR count). The fraction of sp³-hybridized carbons (Fsp3) is 0.455. The minimum atomic E-state index is -0.0110. The molecule has 1 aliphatic carbocycles. The first kappa shape index (κ1) is 11.5.